The van der Waals surface area contributed by atoms with Crippen LogP contribution in [0.5, 0.6) is 0 Å². The van der Waals surface area contributed by atoms with Gasteiger partial charge in [0.1, 0.15) is 4.88 Å². The van der Waals surface area contributed by atoms with Gasteiger partial charge in [0.25, 0.3) is 5.91 Å². The van der Waals surface area contributed by atoms with Crippen LogP contribution >= 0.6 is 11.3 Å². The molecule has 72 valence electrons. The number of thiophene rings is 1. The fourth-order valence-corrected chi connectivity index (χ4v) is 1.61. The lowest BCUT2D eigenvalue weighted by Crippen LogP contribution is -2.40. The Kier molecular flexibility index (Phi) is 2.61. The van der Waals surface area contributed by atoms with Gasteiger partial charge in [0.15, 0.2) is 0 Å². The van der Waals surface area contributed by atoms with E-state index in [2.05, 4.69) is 5.32 Å². The first-order chi connectivity index (χ1) is 5.90. The Morgan fingerprint density at radius 3 is 2.54 bits per heavy atom. The lowest BCUT2D eigenvalue weighted by atomic mass is 10.1. The molecule has 13 heavy (non-hydrogen) atoms. The molecule has 1 aromatic heterocycles. The third-order valence-corrected chi connectivity index (χ3v) is 2.32. The van der Waals surface area contributed by atoms with Gasteiger partial charge in [-0.15, -0.1) is 11.3 Å². The normalized spacial score (nSPS) is 11.3. The molecule has 0 aromatic carbocycles. The first-order valence-electron chi connectivity index (χ1n) is 4.05. The summed E-state index contributed by atoms with van der Waals surface area (Å²) in [6, 6.07) is 1.74. The van der Waals surface area contributed by atoms with Crippen molar-refractivity contribution in [3.63, 3.8) is 0 Å². The molecule has 0 saturated heterocycles. The predicted octanol–water partition coefficient (Wildman–Crippen LogP) is 1.86. The molecule has 0 bridgehead atoms. The average molecular weight is 198 g/mol. The number of nitrogens with one attached hydrogen (secondary N) is 1. The summed E-state index contributed by atoms with van der Waals surface area (Å²) in [5.41, 5.74) is 5.94. The highest BCUT2D eigenvalue weighted by Crippen LogP contribution is 2.19. The third kappa shape index (κ3) is 2.73. The van der Waals surface area contributed by atoms with Crippen LogP contribution in [0.15, 0.2) is 11.4 Å². The number of amides is 1. The number of nitrogen functional groups attached to an aromatic ring is 1. The summed E-state index contributed by atoms with van der Waals surface area (Å²) in [6.07, 6.45) is 0. The van der Waals surface area contributed by atoms with Gasteiger partial charge in [0, 0.05) is 5.54 Å². The van der Waals surface area contributed by atoms with Gasteiger partial charge in [0.05, 0.1) is 5.69 Å². The van der Waals surface area contributed by atoms with E-state index in [0.717, 1.165) is 0 Å². The molecule has 1 amide bonds. The fraction of sp³-hybridized carbons (Fsp3) is 0.444. The number of anilines is 1. The highest BCUT2D eigenvalue weighted by atomic mass is 32.1. The van der Waals surface area contributed by atoms with Crippen LogP contribution in [-0.2, 0) is 0 Å². The number of rotatable bonds is 1. The van der Waals surface area contributed by atoms with Crippen LogP contribution in [0.3, 0.4) is 0 Å². The van der Waals surface area contributed by atoms with Gasteiger partial charge in [0.2, 0.25) is 0 Å². The van der Waals surface area contributed by atoms with Gasteiger partial charge in [-0.25, -0.2) is 0 Å². The first kappa shape index (κ1) is 10.1. The Labute approximate surface area is 81.9 Å². The van der Waals surface area contributed by atoms with Crippen molar-refractivity contribution in [2.75, 3.05) is 5.73 Å². The minimum atomic E-state index is -0.215. The maximum absolute atomic E-state index is 11.6. The van der Waals surface area contributed by atoms with Crippen molar-refractivity contribution in [1.29, 1.82) is 0 Å². The topological polar surface area (TPSA) is 55.1 Å². The van der Waals surface area contributed by atoms with E-state index in [9.17, 15) is 4.79 Å². The molecule has 0 atom stereocenters. The van der Waals surface area contributed by atoms with Gasteiger partial charge >= 0.3 is 0 Å². The Bertz CT molecular complexity index is 312. The fourth-order valence-electron chi connectivity index (χ4n) is 0.901. The summed E-state index contributed by atoms with van der Waals surface area (Å²) in [5.74, 6) is -0.0972. The largest absolute Gasteiger partial charge is 0.397 e. The molecule has 0 aliphatic rings. The number of carbonyl (C=O) groups excluding carboxylic acids is 1. The molecule has 4 heteroatoms. The molecule has 0 spiro atoms. The zero-order valence-corrected chi connectivity index (χ0v) is 8.87. The standard InChI is InChI=1S/C9H14N2OS/c1-9(2,3)11-8(12)7-6(10)4-5-13-7/h4-5H,10H2,1-3H3,(H,11,12). The number of nitrogens with two attached hydrogens (primary N) is 1. The first-order valence-corrected chi connectivity index (χ1v) is 4.93. The third-order valence-electron chi connectivity index (χ3n) is 1.39. The van der Waals surface area contributed by atoms with Crippen LogP contribution < -0.4 is 11.1 Å². The van der Waals surface area contributed by atoms with Crippen molar-refractivity contribution < 1.29 is 4.79 Å². The van der Waals surface area contributed by atoms with E-state index in [1.807, 2.05) is 26.2 Å². The van der Waals surface area contributed by atoms with Crippen molar-refractivity contribution in [1.82, 2.24) is 5.32 Å². The van der Waals surface area contributed by atoms with Crippen LogP contribution in [0.1, 0.15) is 30.4 Å². The molecule has 0 aliphatic carbocycles. The van der Waals surface area contributed by atoms with Crippen LogP contribution in [0.25, 0.3) is 0 Å². The molecule has 0 fully saturated rings. The van der Waals surface area contributed by atoms with Crippen LogP contribution in [-0.4, -0.2) is 11.4 Å². The lowest BCUT2D eigenvalue weighted by Gasteiger charge is -2.19. The van der Waals surface area contributed by atoms with E-state index in [1.54, 1.807) is 6.07 Å². The highest BCUT2D eigenvalue weighted by molar-refractivity contribution is 7.12. The van der Waals surface area contributed by atoms with Crippen molar-refractivity contribution >= 4 is 22.9 Å². The second-order valence-corrected chi connectivity index (χ2v) is 4.83. The number of carbonyl (C=O) groups is 1. The van der Waals surface area contributed by atoms with Gasteiger partial charge in [-0.3, -0.25) is 4.79 Å². The van der Waals surface area contributed by atoms with E-state index >= 15 is 0 Å². The maximum atomic E-state index is 11.6. The Hall–Kier alpha value is -1.03. The Balaban J connectivity index is 2.76. The summed E-state index contributed by atoms with van der Waals surface area (Å²) >= 11 is 1.36. The SMILES string of the molecule is CC(C)(C)NC(=O)c1sccc1N. The molecule has 0 aliphatic heterocycles. The zero-order valence-electron chi connectivity index (χ0n) is 8.05. The molecule has 0 radical (unpaired) electrons. The smallest absolute Gasteiger partial charge is 0.263 e. The van der Waals surface area contributed by atoms with Crippen molar-refractivity contribution in [2.45, 2.75) is 26.3 Å². The van der Waals surface area contributed by atoms with Gasteiger partial charge in [-0.05, 0) is 32.2 Å². The second-order valence-electron chi connectivity index (χ2n) is 3.91. The molecule has 1 rings (SSSR count). The molecule has 1 aromatic rings. The summed E-state index contributed by atoms with van der Waals surface area (Å²) < 4.78 is 0. The van der Waals surface area contributed by atoms with Gasteiger partial charge in [-0.2, -0.15) is 0 Å². The predicted molar refractivity (Wildman–Crippen MR) is 56.0 cm³/mol. The molecule has 3 nitrogen and oxygen atoms in total. The van der Waals surface area contributed by atoms with Crippen LogP contribution in [0.2, 0.25) is 0 Å². The van der Waals surface area contributed by atoms with Crippen molar-refractivity contribution in [2.24, 2.45) is 0 Å². The molecule has 3 N–H and O–H groups in total. The van der Waals surface area contributed by atoms with Crippen molar-refractivity contribution in [3.8, 4) is 0 Å². The van der Waals surface area contributed by atoms with E-state index < -0.39 is 0 Å². The summed E-state index contributed by atoms with van der Waals surface area (Å²) in [5, 5.41) is 4.67. The number of hydrogen-bond acceptors (Lipinski definition) is 3. The van der Waals surface area contributed by atoms with Crippen LogP contribution in [0.4, 0.5) is 5.69 Å². The average Bonchev–Trinajstić information content (AvgIpc) is 2.30. The van der Waals surface area contributed by atoms with Gasteiger partial charge in [-0.1, -0.05) is 0 Å². The molecule has 0 unspecified atom stereocenters. The minimum Gasteiger partial charge on any atom is -0.397 e. The Morgan fingerprint density at radius 2 is 2.15 bits per heavy atom. The summed E-state index contributed by atoms with van der Waals surface area (Å²) in [7, 11) is 0. The highest BCUT2D eigenvalue weighted by Gasteiger charge is 2.17. The van der Waals surface area contributed by atoms with E-state index in [0.29, 0.717) is 10.6 Å². The Morgan fingerprint density at radius 1 is 1.54 bits per heavy atom. The maximum Gasteiger partial charge on any atom is 0.263 e. The van der Waals surface area contributed by atoms with E-state index in [-0.39, 0.29) is 11.4 Å². The quantitative estimate of drug-likeness (QED) is 0.723. The minimum absolute atomic E-state index is 0.0972. The molecule has 1 heterocycles. The van der Waals surface area contributed by atoms with Crippen LogP contribution in [0, 0.1) is 0 Å². The second kappa shape index (κ2) is 3.38. The summed E-state index contributed by atoms with van der Waals surface area (Å²) in [4.78, 5) is 12.2. The summed E-state index contributed by atoms with van der Waals surface area (Å²) in [6.45, 7) is 5.82. The van der Waals surface area contributed by atoms with E-state index in [1.165, 1.54) is 11.3 Å². The van der Waals surface area contributed by atoms with Crippen molar-refractivity contribution in [3.05, 3.63) is 16.3 Å². The van der Waals surface area contributed by atoms with Gasteiger partial charge < -0.3 is 11.1 Å². The zero-order chi connectivity index (χ0) is 10.1. The molecule has 0 saturated carbocycles. The molecular formula is C9H14N2OS. The number of hydrogen-bond donors (Lipinski definition) is 2. The molecular weight excluding hydrogens is 184 g/mol. The monoisotopic (exact) mass is 198 g/mol. The lowest BCUT2D eigenvalue weighted by molar-refractivity contribution is 0.0924. The van der Waals surface area contributed by atoms with E-state index in [4.69, 9.17) is 5.73 Å².